The molecule has 0 aromatic heterocycles. The molecule has 0 saturated carbocycles. The van der Waals surface area contributed by atoms with Gasteiger partial charge in [-0.25, -0.2) is 13.2 Å². The minimum Gasteiger partial charge on any atom is -0.444 e. The molecule has 1 fully saturated rings. The summed E-state index contributed by atoms with van der Waals surface area (Å²) in [6, 6.07) is 6.16. The lowest BCUT2D eigenvalue weighted by Gasteiger charge is -2.38. The molecule has 152 valence electrons. The van der Waals surface area contributed by atoms with Crippen LogP contribution < -0.4 is 0 Å². The predicted octanol–water partition coefficient (Wildman–Crippen LogP) is 2.83. The third kappa shape index (κ3) is 5.91. The quantitative estimate of drug-likeness (QED) is 0.726. The number of aliphatic hydroxyl groups excluding tert-OH is 1. The molecule has 0 spiro atoms. The number of amides is 1. The number of benzene rings is 1. The number of nitrogens with zero attached hydrogens (tertiary/aromatic N) is 2. The first-order valence-electron chi connectivity index (χ1n) is 8.91. The fraction of sp³-hybridized carbons (Fsp3) is 0.611. The molecule has 1 heterocycles. The van der Waals surface area contributed by atoms with Crippen molar-refractivity contribution in [3.63, 3.8) is 0 Å². The van der Waals surface area contributed by atoms with Crippen LogP contribution in [0.2, 0.25) is 0 Å². The number of hydrogen-bond acceptors (Lipinski definition) is 5. The Morgan fingerprint density at radius 1 is 1.26 bits per heavy atom. The number of ether oxygens (including phenoxy) is 1. The highest BCUT2D eigenvalue weighted by Crippen LogP contribution is 2.26. The highest BCUT2D eigenvalue weighted by atomic mass is 79.9. The second kappa shape index (κ2) is 8.89. The van der Waals surface area contributed by atoms with Crippen LogP contribution in [0, 0.1) is 0 Å². The van der Waals surface area contributed by atoms with Crippen LogP contribution in [0.15, 0.2) is 33.6 Å². The molecule has 0 aliphatic carbocycles. The molecule has 1 N–H and O–H groups in total. The molecule has 1 aliphatic heterocycles. The topological polar surface area (TPSA) is 87.2 Å². The number of carbonyl (C=O) groups is 1. The maximum atomic E-state index is 13.0. The summed E-state index contributed by atoms with van der Waals surface area (Å²) in [4.78, 5) is 14.0. The van der Waals surface area contributed by atoms with Gasteiger partial charge in [0.1, 0.15) is 5.60 Å². The first-order chi connectivity index (χ1) is 12.5. The summed E-state index contributed by atoms with van der Waals surface area (Å²) in [5, 5.41) is 9.39. The average Bonchev–Trinajstić information content (AvgIpc) is 2.58. The van der Waals surface area contributed by atoms with Gasteiger partial charge in [0, 0.05) is 30.1 Å². The highest BCUT2D eigenvalue weighted by Gasteiger charge is 2.35. The molecule has 1 aromatic carbocycles. The number of carbonyl (C=O) groups excluding carboxylic acids is 1. The van der Waals surface area contributed by atoms with Gasteiger partial charge in [0.15, 0.2) is 0 Å². The summed E-state index contributed by atoms with van der Waals surface area (Å²) in [5.74, 6) is 0. The summed E-state index contributed by atoms with van der Waals surface area (Å²) < 4.78 is 33.6. The van der Waals surface area contributed by atoms with Gasteiger partial charge in [-0.05, 0) is 57.9 Å². The first-order valence-corrected chi connectivity index (χ1v) is 11.1. The monoisotopic (exact) mass is 462 g/mol. The maximum Gasteiger partial charge on any atom is 0.410 e. The molecular formula is C18H27BrN2O5S. The molecule has 9 heteroatoms. The second-order valence-corrected chi connectivity index (χ2v) is 10.3. The van der Waals surface area contributed by atoms with Crippen molar-refractivity contribution < 1.29 is 23.1 Å². The first kappa shape index (κ1) is 22.1. The molecule has 0 bridgehead atoms. The second-order valence-electron chi connectivity index (χ2n) is 7.49. The lowest BCUT2D eigenvalue weighted by atomic mass is 10.1. The molecule has 1 saturated heterocycles. The van der Waals surface area contributed by atoms with E-state index in [4.69, 9.17) is 4.74 Å². The van der Waals surface area contributed by atoms with Gasteiger partial charge in [0.25, 0.3) is 0 Å². The zero-order valence-electron chi connectivity index (χ0n) is 15.9. The van der Waals surface area contributed by atoms with Crippen LogP contribution in [0.3, 0.4) is 0 Å². The normalized spacial score (nSPS) is 16.6. The molecule has 0 atom stereocenters. The summed E-state index contributed by atoms with van der Waals surface area (Å²) >= 11 is 3.30. The van der Waals surface area contributed by atoms with E-state index in [9.17, 15) is 18.3 Å². The van der Waals surface area contributed by atoms with Gasteiger partial charge in [-0.3, -0.25) is 0 Å². The van der Waals surface area contributed by atoms with E-state index in [1.807, 2.05) is 20.8 Å². The molecule has 27 heavy (non-hydrogen) atoms. The van der Waals surface area contributed by atoms with Gasteiger partial charge in [-0.15, -0.1) is 0 Å². The fourth-order valence-electron chi connectivity index (χ4n) is 3.00. The van der Waals surface area contributed by atoms with Crippen molar-refractivity contribution in [3.05, 3.63) is 28.7 Å². The molecule has 1 amide bonds. The van der Waals surface area contributed by atoms with E-state index in [1.165, 1.54) is 4.31 Å². The van der Waals surface area contributed by atoms with Gasteiger partial charge >= 0.3 is 6.09 Å². The molecule has 1 aromatic rings. The SMILES string of the molecule is CC(C)(C)OC(=O)N1CCC(N(CCO)S(=O)(=O)c2ccc(Br)cc2)CC1. The van der Waals surface area contributed by atoms with E-state index in [1.54, 1.807) is 29.2 Å². The molecule has 1 aliphatic rings. The number of sulfonamides is 1. The van der Waals surface area contributed by atoms with E-state index in [0.29, 0.717) is 25.9 Å². The van der Waals surface area contributed by atoms with Crippen molar-refractivity contribution in [1.82, 2.24) is 9.21 Å². The van der Waals surface area contributed by atoms with Crippen LogP contribution in [0.1, 0.15) is 33.6 Å². The molecule has 2 rings (SSSR count). The molecular weight excluding hydrogens is 436 g/mol. The van der Waals surface area contributed by atoms with Crippen molar-refractivity contribution in [2.45, 2.75) is 50.2 Å². The predicted molar refractivity (Wildman–Crippen MR) is 106 cm³/mol. The number of halogens is 1. The standard InChI is InChI=1S/C18H27BrN2O5S/c1-18(2,3)26-17(23)20-10-8-15(9-11-20)21(12-13-22)27(24,25)16-6-4-14(19)5-7-16/h4-7,15,22H,8-13H2,1-3H3. The van der Waals surface area contributed by atoms with E-state index < -0.39 is 15.6 Å². The number of likely N-dealkylation sites (tertiary alicyclic amines) is 1. The van der Waals surface area contributed by atoms with Crippen molar-refractivity contribution in [2.75, 3.05) is 26.2 Å². The average molecular weight is 463 g/mol. The Morgan fingerprint density at radius 2 is 1.81 bits per heavy atom. The summed E-state index contributed by atoms with van der Waals surface area (Å²) in [6.45, 7) is 6.02. The third-order valence-electron chi connectivity index (χ3n) is 4.26. The minimum absolute atomic E-state index is 0.0233. The van der Waals surface area contributed by atoms with Crippen molar-refractivity contribution in [1.29, 1.82) is 0 Å². The largest absolute Gasteiger partial charge is 0.444 e. The highest BCUT2D eigenvalue weighted by molar-refractivity contribution is 9.10. The van der Waals surface area contributed by atoms with E-state index >= 15 is 0 Å². The zero-order chi connectivity index (χ0) is 20.2. The van der Waals surface area contributed by atoms with E-state index in [-0.39, 0.29) is 30.2 Å². The van der Waals surface area contributed by atoms with Crippen LogP contribution in [-0.2, 0) is 14.8 Å². The number of hydrogen-bond donors (Lipinski definition) is 1. The van der Waals surface area contributed by atoms with Gasteiger partial charge in [0.2, 0.25) is 10.0 Å². The summed E-state index contributed by atoms with van der Waals surface area (Å²) in [7, 11) is -3.73. The van der Waals surface area contributed by atoms with Crippen LogP contribution >= 0.6 is 15.9 Å². The Hall–Kier alpha value is -1.16. The van der Waals surface area contributed by atoms with Crippen molar-refractivity contribution in [2.24, 2.45) is 0 Å². The third-order valence-corrected chi connectivity index (χ3v) is 6.76. The smallest absolute Gasteiger partial charge is 0.410 e. The Morgan fingerprint density at radius 3 is 2.30 bits per heavy atom. The zero-order valence-corrected chi connectivity index (χ0v) is 18.3. The van der Waals surface area contributed by atoms with E-state index in [2.05, 4.69) is 15.9 Å². The summed E-state index contributed by atoms with van der Waals surface area (Å²) in [6.07, 6.45) is 0.606. The molecule has 0 radical (unpaired) electrons. The van der Waals surface area contributed by atoms with Crippen LogP contribution in [-0.4, -0.2) is 66.7 Å². The number of rotatable bonds is 5. The minimum atomic E-state index is -3.73. The number of aliphatic hydroxyl groups is 1. The Bertz CT molecular complexity index is 738. The summed E-state index contributed by atoms with van der Waals surface area (Å²) in [5.41, 5.74) is -0.568. The van der Waals surface area contributed by atoms with Crippen molar-refractivity contribution in [3.8, 4) is 0 Å². The fourth-order valence-corrected chi connectivity index (χ4v) is 4.94. The Labute approximate surface area is 169 Å². The number of piperidine rings is 1. The van der Waals surface area contributed by atoms with Gasteiger partial charge in [-0.2, -0.15) is 4.31 Å². The van der Waals surface area contributed by atoms with Gasteiger partial charge in [0.05, 0.1) is 11.5 Å². The Kier molecular flexibility index (Phi) is 7.29. The van der Waals surface area contributed by atoms with Crippen LogP contribution in [0.25, 0.3) is 0 Å². The maximum absolute atomic E-state index is 13.0. The Balaban J connectivity index is 2.10. The van der Waals surface area contributed by atoms with Gasteiger partial charge in [-0.1, -0.05) is 15.9 Å². The molecule has 7 nitrogen and oxygen atoms in total. The lowest BCUT2D eigenvalue weighted by Crippen LogP contribution is -2.50. The van der Waals surface area contributed by atoms with Crippen LogP contribution in [0.4, 0.5) is 4.79 Å². The van der Waals surface area contributed by atoms with E-state index in [0.717, 1.165) is 4.47 Å². The van der Waals surface area contributed by atoms with Gasteiger partial charge < -0.3 is 14.7 Å². The molecule has 0 unspecified atom stereocenters. The lowest BCUT2D eigenvalue weighted by molar-refractivity contribution is 0.0174. The van der Waals surface area contributed by atoms with Crippen LogP contribution in [0.5, 0.6) is 0 Å². The van der Waals surface area contributed by atoms with Crippen molar-refractivity contribution >= 4 is 32.0 Å².